The van der Waals surface area contributed by atoms with E-state index in [1.807, 2.05) is 50.3 Å². The number of carbonyl (C=O) groups is 2. The van der Waals surface area contributed by atoms with Crippen LogP contribution in [-0.2, 0) is 14.3 Å². The molecule has 0 aromatic heterocycles. The van der Waals surface area contributed by atoms with E-state index in [1.54, 1.807) is 7.11 Å². The molecule has 0 heterocycles. The summed E-state index contributed by atoms with van der Waals surface area (Å²) in [6, 6.07) is 9.80. The highest BCUT2D eigenvalue weighted by molar-refractivity contribution is 6.28. The molecule has 0 radical (unpaired) electrons. The predicted octanol–water partition coefficient (Wildman–Crippen LogP) is 3.48. The first-order chi connectivity index (χ1) is 10.4. The van der Waals surface area contributed by atoms with Crippen LogP contribution in [0.15, 0.2) is 59.4 Å². The van der Waals surface area contributed by atoms with Gasteiger partial charge in [-0.1, -0.05) is 36.4 Å². The fourth-order valence-corrected chi connectivity index (χ4v) is 3.13. The van der Waals surface area contributed by atoms with Gasteiger partial charge in [0.15, 0.2) is 11.6 Å². The van der Waals surface area contributed by atoms with Gasteiger partial charge in [0, 0.05) is 17.9 Å². The number of allylic oxidation sites excluding steroid dienone is 5. The Kier molecular flexibility index (Phi) is 3.36. The molecule has 0 unspecified atom stereocenters. The third kappa shape index (κ3) is 2.13. The number of methoxy groups -OCH3 is 1. The lowest BCUT2D eigenvalue weighted by atomic mass is 9.70. The zero-order valence-corrected chi connectivity index (χ0v) is 13.0. The van der Waals surface area contributed by atoms with E-state index in [4.69, 9.17) is 4.74 Å². The number of ether oxygens (including phenoxy) is 1. The zero-order valence-electron chi connectivity index (χ0n) is 13.0. The first kappa shape index (κ1) is 14.5. The molecule has 0 spiro atoms. The molecular weight excluding hydrogens is 276 g/mol. The normalized spacial score (nSPS) is 20.3. The van der Waals surface area contributed by atoms with Crippen LogP contribution >= 0.6 is 0 Å². The fraction of sp³-hybridized carbons (Fsp3) is 0.263. The highest BCUT2D eigenvalue weighted by Crippen LogP contribution is 2.45. The third-order valence-corrected chi connectivity index (χ3v) is 4.38. The van der Waals surface area contributed by atoms with Crippen LogP contribution in [0.25, 0.3) is 5.57 Å². The third-order valence-electron chi connectivity index (χ3n) is 4.38. The summed E-state index contributed by atoms with van der Waals surface area (Å²) < 4.78 is 5.37. The molecule has 3 heteroatoms. The Morgan fingerprint density at radius 2 is 1.73 bits per heavy atom. The zero-order chi connectivity index (χ0) is 15.9. The second kappa shape index (κ2) is 5.09. The Morgan fingerprint density at radius 3 is 2.36 bits per heavy atom. The van der Waals surface area contributed by atoms with Crippen molar-refractivity contribution in [1.82, 2.24) is 0 Å². The van der Waals surface area contributed by atoms with Gasteiger partial charge >= 0.3 is 0 Å². The molecule has 0 bridgehead atoms. The van der Waals surface area contributed by atoms with E-state index >= 15 is 0 Å². The topological polar surface area (TPSA) is 43.4 Å². The maximum atomic E-state index is 12.5. The molecule has 2 aliphatic rings. The second-order valence-electron chi connectivity index (χ2n) is 6.13. The number of benzene rings is 1. The van der Waals surface area contributed by atoms with Gasteiger partial charge in [-0.3, -0.25) is 9.59 Å². The number of hydrogen-bond acceptors (Lipinski definition) is 3. The van der Waals surface area contributed by atoms with Crippen LogP contribution in [0.3, 0.4) is 0 Å². The molecule has 2 aliphatic carbocycles. The summed E-state index contributed by atoms with van der Waals surface area (Å²) in [5.74, 6) is 0.231. The van der Waals surface area contributed by atoms with Crippen LogP contribution in [0, 0.1) is 5.41 Å². The van der Waals surface area contributed by atoms with Crippen LogP contribution in [-0.4, -0.2) is 18.7 Å². The van der Waals surface area contributed by atoms with E-state index in [1.165, 1.54) is 6.08 Å². The SMILES string of the molecule is COC1=CC(=O)C2=C(C=C(c3ccccc3)CC2=O)C1(C)C. The number of hydrogen-bond donors (Lipinski definition) is 0. The summed E-state index contributed by atoms with van der Waals surface area (Å²) in [6.07, 6.45) is 3.69. The van der Waals surface area contributed by atoms with Gasteiger partial charge in [0.2, 0.25) is 0 Å². The monoisotopic (exact) mass is 294 g/mol. The molecule has 0 saturated heterocycles. The lowest BCUT2D eigenvalue weighted by Gasteiger charge is -2.35. The van der Waals surface area contributed by atoms with Gasteiger partial charge in [0.25, 0.3) is 0 Å². The van der Waals surface area contributed by atoms with Crippen molar-refractivity contribution >= 4 is 17.1 Å². The van der Waals surface area contributed by atoms with E-state index in [-0.39, 0.29) is 18.0 Å². The molecule has 112 valence electrons. The highest BCUT2D eigenvalue weighted by Gasteiger charge is 2.41. The lowest BCUT2D eigenvalue weighted by Crippen LogP contribution is -2.31. The van der Waals surface area contributed by atoms with Gasteiger partial charge in [0.1, 0.15) is 5.76 Å². The van der Waals surface area contributed by atoms with E-state index in [0.29, 0.717) is 11.3 Å². The molecule has 3 rings (SSSR count). The molecule has 0 saturated carbocycles. The van der Waals surface area contributed by atoms with Crippen molar-refractivity contribution in [2.45, 2.75) is 20.3 Å². The largest absolute Gasteiger partial charge is 0.500 e. The van der Waals surface area contributed by atoms with Crippen molar-refractivity contribution in [2.24, 2.45) is 5.41 Å². The van der Waals surface area contributed by atoms with Crippen molar-refractivity contribution in [3.63, 3.8) is 0 Å². The maximum absolute atomic E-state index is 12.5. The minimum Gasteiger partial charge on any atom is -0.500 e. The molecule has 0 fully saturated rings. The van der Waals surface area contributed by atoms with Crippen molar-refractivity contribution in [1.29, 1.82) is 0 Å². The maximum Gasteiger partial charge on any atom is 0.193 e. The number of rotatable bonds is 2. The Hall–Kier alpha value is -2.42. The molecule has 0 atom stereocenters. The first-order valence-electron chi connectivity index (χ1n) is 7.29. The molecule has 0 aliphatic heterocycles. The molecule has 0 N–H and O–H groups in total. The van der Waals surface area contributed by atoms with Crippen molar-refractivity contribution in [3.05, 3.63) is 65.0 Å². The van der Waals surface area contributed by atoms with Gasteiger partial charge in [-0.2, -0.15) is 0 Å². The van der Waals surface area contributed by atoms with Crippen LogP contribution in [0.2, 0.25) is 0 Å². The summed E-state index contributed by atoms with van der Waals surface area (Å²) in [4.78, 5) is 24.8. The smallest absolute Gasteiger partial charge is 0.193 e. The van der Waals surface area contributed by atoms with E-state index in [9.17, 15) is 9.59 Å². The average molecular weight is 294 g/mol. The number of ketones is 2. The van der Waals surface area contributed by atoms with Crippen molar-refractivity contribution < 1.29 is 14.3 Å². The minimum absolute atomic E-state index is 0.110. The molecule has 22 heavy (non-hydrogen) atoms. The molecule has 3 nitrogen and oxygen atoms in total. The van der Waals surface area contributed by atoms with Crippen molar-refractivity contribution in [3.8, 4) is 0 Å². The lowest BCUT2D eigenvalue weighted by molar-refractivity contribution is -0.119. The minimum atomic E-state index is -0.492. The standard InChI is InChI=1S/C19H18O3/c1-19(2)14-9-13(12-7-5-4-6-8-12)10-15(20)18(14)16(21)11-17(19)22-3/h4-9,11H,10H2,1-3H3. The van der Waals surface area contributed by atoms with Crippen LogP contribution in [0.1, 0.15) is 25.8 Å². The summed E-state index contributed by atoms with van der Waals surface area (Å²) in [6.45, 7) is 3.95. The van der Waals surface area contributed by atoms with E-state index < -0.39 is 5.41 Å². The molecular formula is C19H18O3. The van der Waals surface area contributed by atoms with Gasteiger partial charge in [-0.05, 0) is 30.6 Å². The van der Waals surface area contributed by atoms with Gasteiger partial charge in [-0.15, -0.1) is 0 Å². The Balaban J connectivity index is 2.16. The Morgan fingerprint density at radius 1 is 1.05 bits per heavy atom. The van der Waals surface area contributed by atoms with Gasteiger partial charge < -0.3 is 4.74 Å². The van der Waals surface area contributed by atoms with Gasteiger partial charge in [-0.25, -0.2) is 0 Å². The Bertz CT molecular complexity index is 746. The number of Topliss-reactive ketones (excluding diaryl/α,β-unsaturated/α-hetero) is 1. The Labute approximate surface area is 130 Å². The summed E-state index contributed by atoms with van der Waals surface area (Å²) in [5.41, 5.74) is 2.54. The second-order valence-corrected chi connectivity index (χ2v) is 6.13. The van der Waals surface area contributed by atoms with Crippen LogP contribution in [0.4, 0.5) is 0 Å². The summed E-state index contributed by atoms with van der Waals surface area (Å²) in [7, 11) is 1.55. The first-order valence-corrected chi connectivity index (χ1v) is 7.29. The molecule has 0 amide bonds. The van der Waals surface area contributed by atoms with Crippen molar-refractivity contribution in [2.75, 3.05) is 7.11 Å². The quantitative estimate of drug-likeness (QED) is 0.784. The molecule has 1 aromatic rings. The average Bonchev–Trinajstić information content (AvgIpc) is 2.51. The fourth-order valence-electron chi connectivity index (χ4n) is 3.13. The molecule has 1 aromatic carbocycles. The number of carbonyl (C=O) groups excluding carboxylic acids is 2. The van der Waals surface area contributed by atoms with Crippen LogP contribution in [0.5, 0.6) is 0 Å². The van der Waals surface area contributed by atoms with Crippen LogP contribution < -0.4 is 0 Å². The summed E-state index contributed by atoms with van der Waals surface area (Å²) in [5, 5.41) is 0. The highest BCUT2D eigenvalue weighted by atomic mass is 16.5. The summed E-state index contributed by atoms with van der Waals surface area (Å²) >= 11 is 0. The van der Waals surface area contributed by atoms with Gasteiger partial charge in [0.05, 0.1) is 12.7 Å². The van der Waals surface area contributed by atoms with E-state index in [0.717, 1.165) is 16.7 Å². The van der Waals surface area contributed by atoms with E-state index in [2.05, 4.69) is 0 Å². The predicted molar refractivity (Wildman–Crippen MR) is 84.9 cm³/mol.